The maximum Gasteiger partial charge on any atom is 0.387 e. The van der Waals surface area contributed by atoms with Gasteiger partial charge in [-0.2, -0.15) is 8.78 Å². The molecular weight excluding hydrogens is 238 g/mol. The fourth-order valence-electron chi connectivity index (χ4n) is 2.12. The van der Waals surface area contributed by atoms with Crippen molar-refractivity contribution in [3.63, 3.8) is 0 Å². The topological polar surface area (TPSA) is 33.3 Å². The van der Waals surface area contributed by atoms with Gasteiger partial charge in [0, 0.05) is 24.3 Å². The molecular formula is C13H18F2N2O. The van der Waals surface area contributed by atoms with Gasteiger partial charge in [-0.25, -0.2) is 0 Å². The zero-order valence-electron chi connectivity index (χ0n) is 10.2. The first-order valence-corrected chi connectivity index (χ1v) is 6.26. The predicted molar refractivity (Wildman–Crippen MR) is 67.2 cm³/mol. The number of hydrogen-bond donors (Lipinski definition) is 2. The summed E-state index contributed by atoms with van der Waals surface area (Å²) in [6, 6.07) is 7.12. The third kappa shape index (κ3) is 4.14. The Labute approximate surface area is 106 Å². The predicted octanol–water partition coefficient (Wildman–Crippen LogP) is 2.84. The first kappa shape index (κ1) is 13.1. The maximum absolute atomic E-state index is 12.1. The lowest BCUT2D eigenvalue weighted by molar-refractivity contribution is -0.0498. The van der Waals surface area contributed by atoms with Gasteiger partial charge in [-0.15, -0.1) is 0 Å². The Balaban J connectivity index is 1.84. The molecule has 1 aromatic carbocycles. The Bertz CT molecular complexity index is 368. The molecule has 0 aliphatic carbocycles. The number of alkyl halides is 2. The second-order valence-electron chi connectivity index (χ2n) is 4.43. The second-order valence-corrected chi connectivity index (χ2v) is 4.43. The van der Waals surface area contributed by atoms with Gasteiger partial charge in [-0.3, -0.25) is 0 Å². The molecule has 2 N–H and O–H groups in total. The lowest BCUT2D eigenvalue weighted by atomic mass is 10.1. The highest BCUT2D eigenvalue weighted by Gasteiger charge is 2.12. The number of anilines is 1. The molecule has 1 aromatic rings. The highest BCUT2D eigenvalue weighted by atomic mass is 19.3. The molecule has 1 unspecified atom stereocenters. The van der Waals surface area contributed by atoms with E-state index in [1.807, 2.05) is 6.07 Å². The first-order chi connectivity index (χ1) is 8.74. The van der Waals surface area contributed by atoms with E-state index in [0.717, 1.165) is 25.2 Å². The average molecular weight is 256 g/mol. The van der Waals surface area contributed by atoms with Gasteiger partial charge in [0.25, 0.3) is 0 Å². The standard InChI is InChI=1S/C13H18F2N2O/c14-13(15)18-12-6-3-5-10(8-12)17-9-11-4-1-2-7-16-11/h3,5-6,8,11,13,16-17H,1-2,4,7,9H2. The molecule has 0 spiro atoms. The van der Waals surface area contributed by atoms with Gasteiger partial charge >= 0.3 is 6.61 Å². The van der Waals surface area contributed by atoms with Gasteiger partial charge in [-0.05, 0) is 31.5 Å². The maximum atomic E-state index is 12.1. The molecule has 0 amide bonds. The Hall–Kier alpha value is -1.36. The molecule has 1 aliphatic heterocycles. The molecule has 3 nitrogen and oxygen atoms in total. The molecule has 5 heteroatoms. The van der Waals surface area contributed by atoms with Crippen LogP contribution in [0.25, 0.3) is 0 Å². The van der Waals surface area contributed by atoms with E-state index < -0.39 is 6.61 Å². The van der Waals surface area contributed by atoms with Gasteiger partial charge in [0.05, 0.1) is 0 Å². The molecule has 1 aliphatic rings. The van der Waals surface area contributed by atoms with Crippen LogP contribution in [0.15, 0.2) is 24.3 Å². The average Bonchev–Trinajstić information content (AvgIpc) is 2.37. The summed E-state index contributed by atoms with van der Waals surface area (Å²) in [5, 5.41) is 6.66. The lowest BCUT2D eigenvalue weighted by Crippen LogP contribution is -2.39. The SMILES string of the molecule is FC(F)Oc1cccc(NCC2CCCCN2)c1. The van der Waals surface area contributed by atoms with E-state index in [1.54, 1.807) is 12.1 Å². The number of nitrogens with one attached hydrogen (secondary N) is 2. The van der Waals surface area contributed by atoms with E-state index >= 15 is 0 Å². The highest BCUT2D eigenvalue weighted by molar-refractivity contribution is 5.48. The van der Waals surface area contributed by atoms with E-state index in [2.05, 4.69) is 15.4 Å². The monoisotopic (exact) mass is 256 g/mol. The van der Waals surface area contributed by atoms with Crippen molar-refractivity contribution in [1.29, 1.82) is 0 Å². The van der Waals surface area contributed by atoms with Crippen LogP contribution < -0.4 is 15.4 Å². The molecule has 1 saturated heterocycles. The molecule has 0 bridgehead atoms. The normalized spacial score (nSPS) is 19.8. The van der Waals surface area contributed by atoms with Crippen molar-refractivity contribution in [3.8, 4) is 5.75 Å². The highest BCUT2D eigenvalue weighted by Crippen LogP contribution is 2.19. The molecule has 18 heavy (non-hydrogen) atoms. The van der Waals surface area contributed by atoms with Crippen LogP contribution in [0.5, 0.6) is 5.75 Å². The summed E-state index contributed by atoms with van der Waals surface area (Å²) in [6.45, 7) is -0.917. The summed E-state index contributed by atoms with van der Waals surface area (Å²) in [7, 11) is 0. The smallest absolute Gasteiger partial charge is 0.387 e. The zero-order valence-corrected chi connectivity index (χ0v) is 10.2. The van der Waals surface area contributed by atoms with Crippen LogP contribution in [-0.2, 0) is 0 Å². The summed E-state index contributed by atoms with van der Waals surface area (Å²) < 4.78 is 28.5. The molecule has 1 atom stereocenters. The van der Waals surface area contributed by atoms with Crippen molar-refractivity contribution < 1.29 is 13.5 Å². The molecule has 1 heterocycles. The minimum absolute atomic E-state index is 0.187. The zero-order chi connectivity index (χ0) is 12.8. The van der Waals surface area contributed by atoms with E-state index in [-0.39, 0.29) is 5.75 Å². The van der Waals surface area contributed by atoms with Gasteiger partial charge in [0.1, 0.15) is 5.75 Å². The largest absolute Gasteiger partial charge is 0.435 e. The van der Waals surface area contributed by atoms with E-state index in [1.165, 1.54) is 18.9 Å². The molecule has 100 valence electrons. The van der Waals surface area contributed by atoms with Crippen LogP contribution in [0, 0.1) is 0 Å². The Morgan fingerprint density at radius 2 is 2.28 bits per heavy atom. The summed E-state index contributed by atoms with van der Waals surface area (Å²) in [5.74, 6) is 0.187. The van der Waals surface area contributed by atoms with E-state index in [0.29, 0.717) is 6.04 Å². The number of benzene rings is 1. The summed E-state index contributed by atoms with van der Waals surface area (Å²) in [5.41, 5.74) is 0.806. The molecule has 0 aromatic heterocycles. The number of halogens is 2. The van der Waals surface area contributed by atoms with Gasteiger partial charge < -0.3 is 15.4 Å². The van der Waals surface area contributed by atoms with Crippen LogP contribution in [0.1, 0.15) is 19.3 Å². The fraction of sp³-hybridized carbons (Fsp3) is 0.538. The van der Waals surface area contributed by atoms with Crippen LogP contribution in [0.4, 0.5) is 14.5 Å². The second kappa shape index (κ2) is 6.54. The minimum atomic E-state index is -2.78. The van der Waals surface area contributed by atoms with Gasteiger partial charge in [0.2, 0.25) is 0 Å². The Kier molecular flexibility index (Phi) is 4.75. The van der Waals surface area contributed by atoms with Crippen molar-refractivity contribution in [2.24, 2.45) is 0 Å². The van der Waals surface area contributed by atoms with Gasteiger partial charge in [-0.1, -0.05) is 12.5 Å². The van der Waals surface area contributed by atoms with Crippen molar-refractivity contribution >= 4 is 5.69 Å². The summed E-state index contributed by atoms with van der Waals surface area (Å²) in [6.07, 6.45) is 3.63. The van der Waals surface area contributed by atoms with Crippen LogP contribution in [0.3, 0.4) is 0 Å². The van der Waals surface area contributed by atoms with E-state index in [4.69, 9.17) is 0 Å². The number of hydrogen-bond acceptors (Lipinski definition) is 3. The van der Waals surface area contributed by atoms with Crippen molar-refractivity contribution in [3.05, 3.63) is 24.3 Å². The number of piperidine rings is 1. The van der Waals surface area contributed by atoms with Crippen LogP contribution >= 0.6 is 0 Å². The quantitative estimate of drug-likeness (QED) is 0.850. The number of rotatable bonds is 5. The first-order valence-electron chi connectivity index (χ1n) is 6.26. The Morgan fingerprint density at radius 1 is 1.39 bits per heavy atom. The van der Waals surface area contributed by atoms with Crippen molar-refractivity contribution in [2.45, 2.75) is 31.9 Å². The molecule has 0 radical (unpaired) electrons. The van der Waals surface area contributed by atoms with E-state index in [9.17, 15) is 8.78 Å². The summed E-state index contributed by atoms with van der Waals surface area (Å²) >= 11 is 0. The van der Waals surface area contributed by atoms with Gasteiger partial charge in [0.15, 0.2) is 0 Å². The summed E-state index contributed by atoms with van der Waals surface area (Å²) in [4.78, 5) is 0. The van der Waals surface area contributed by atoms with Crippen LogP contribution in [0.2, 0.25) is 0 Å². The fourth-order valence-corrected chi connectivity index (χ4v) is 2.12. The molecule has 1 fully saturated rings. The van der Waals surface area contributed by atoms with Crippen molar-refractivity contribution in [1.82, 2.24) is 5.32 Å². The third-order valence-corrected chi connectivity index (χ3v) is 3.02. The minimum Gasteiger partial charge on any atom is -0.435 e. The molecule has 0 saturated carbocycles. The van der Waals surface area contributed by atoms with Crippen LogP contribution in [-0.4, -0.2) is 25.7 Å². The number of ether oxygens (including phenoxy) is 1. The third-order valence-electron chi connectivity index (χ3n) is 3.02. The lowest BCUT2D eigenvalue weighted by Gasteiger charge is -2.24. The molecule has 2 rings (SSSR count). The Morgan fingerprint density at radius 3 is 3.00 bits per heavy atom. The van der Waals surface area contributed by atoms with Crippen molar-refractivity contribution in [2.75, 3.05) is 18.4 Å².